The highest BCUT2D eigenvalue weighted by Crippen LogP contribution is 2.20. The number of carbonyl (C=O) groups excluding carboxylic acids is 1. The van der Waals surface area contributed by atoms with Gasteiger partial charge in [0.1, 0.15) is 0 Å². The Morgan fingerprint density at radius 2 is 2.21 bits per heavy atom. The van der Waals surface area contributed by atoms with Gasteiger partial charge in [0, 0.05) is 36.2 Å². The lowest BCUT2D eigenvalue weighted by Gasteiger charge is -2.13. The Kier molecular flexibility index (Phi) is 4.81. The maximum atomic E-state index is 12.6. The number of pyridine rings is 1. The molecule has 126 valence electrons. The van der Waals surface area contributed by atoms with Gasteiger partial charge in [0.2, 0.25) is 0 Å². The molecule has 2 N–H and O–H groups in total. The Balaban J connectivity index is 1.74. The van der Waals surface area contributed by atoms with Gasteiger partial charge >= 0.3 is 0 Å². The number of nitrogens with zero attached hydrogens (tertiary/aromatic N) is 2. The quantitative estimate of drug-likeness (QED) is 0.828. The fourth-order valence-corrected chi connectivity index (χ4v) is 3.19. The molecule has 1 aliphatic rings. The van der Waals surface area contributed by atoms with E-state index in [1.165, 1.54) is 0 Å². The molecule has 1 aliphatic carbocycles. The Bertz CT molecular complexity index is 749. The van der Waals surface area contributed by atoms with Crippen molar-refractivity contribution in [2.45, 2.75) is 32.9 Å². The van der Waals surface area contributed by atoms with E-state index in [4.69, 9.17) is 0 Å². The zero-order valence-electron chi connectivity index (χ0n) is 14.1. The summed E-state index contributed by atoms with van der Waals surface area (Å²) < 4.78 is 2.11. The number of hydrogen-bond donors (Lipinski definition) is 2. The molecular weight excluding hydrogens is 302 g/mol. The highest BCUT2D eigenvalue weighted by atomic mass is 16.3. The minimum Gasteiger partial charge on any atom is -0.396 e. The van der Waals surface area contributed by atoms with Gasteiger partial charge < -0.3 is 15.0 Å². The normalized spacial score (nSPS) is 19.6. The number of aliphatic hydroxyl groups excluding tert-OH is 1. The van der Waals surface area contributed by atoms with Crippen molar-refractivity contribution in [2.24, 2.45) is 5.92 Å². The largest absolute Gasteiger partial charge is 0.396 e. The molecule has 2 aromatic heterocycles. The molecular formula is C19H23N3O2. The average Bonchev–Trinajstić information content (AvgIpc) is 3.15. The number of carbonyl (C=O) groups is 1. The van der Waals surface area contributed by atoms with Crippen molar-refractivity contribution in [3.05, 3.63) is 65.3 Å². The fourth-order valence-electron chi connectivity index (χ4n) is 3.19. The molecule has 2 heterocycles. The molecule has 3 rings (SSSR count). The van der Waals surface area contributed by atoms with Crippen molar-refractivity contribution in [3.8, 4) is 0 Å². The van der Waals surface area contributed by atoms with Gasteiger partial charge in [0.15, 0.2) is 0 Å². The Hall–Kier alpha value is -2.40. The van der Waals surface area contributed by atoms with E-state index in [9.17, 15) is 9.90 Å². The van der Waals surface area contributed by atoms with Crippen LogP contribution >= 0.6 is 0 Å². The van der Waals surface area contributed by atoms with E-state index in [2.05, 4.69) is 14.9 Å². The third-order valence-electron chi connectivity index (χ3n) is 4.59. The number of rotatable bonds is 5. The van der Waals surface area contributed by atoms with Crippen LogP contribution in [0.3, 0.4) is 0 Å². The molecule has 0 fully saturated rings. The van der Waals surface area contributed by atoms with Crippen LogP contribution < -0.4 is 5.32 Å². The van der Waals surface area contributed by atoms with E-state index < -0.39 is 0 Å². The number of aryl methyl sites for hydroxylation is 1. The molecule has 1 amide bonds. The topological polar surface area (TPSA) is 67.2 Å². The van der Waals surface area contributed by atoms with Crippen molar-refractivity contribution in [1.82, 2.24) is 14.9 Å². The first-order valence-corrected chi connectivity index (χ1v) is 8.25. The predicted octanol–water partition coefficient (Wildman–Crippen LogP) is 2.22. The summed E-state index contributed by atoms with van der Waals surface area (Å²) in [5.74, 6) is 0.0792. The van der Waals surface area contributed by atoms with Crippen LogP contribution in [0.4, 0.5) is 0 Å². The molecule has 5 heteroatoms. The third-order valence-corrected chi connectivity index (χ3v) is 4.59. The molecule has 0 spiro atoms. The zero-order valence-corrected chi connectivity index (χ0v) is 14.1. The van der Waals surface area contributed by atoms with Crippen LogP contribution in [-0.4, -0.2) is 33.2 Å². The molecule has 0 radical (unpaired) electrons. The van der Waals surface area contributed by atoms with Gasteiger partial charge in [0.05, 0.1) is 17.8 Å². The minimum absolute atomic E-state index is 0.00602. The summed E-state index contributed by atoms with van der Waals surface area (Å²) in [6, 6.07) is 7.77. The summed E-state index contributed by atoms with van der Waals surface area (Å²) in [7, 11) is 0. The van der Waals surface area contributed by atoms with Crippen molar-refractivity contribution < 1.29 is 9.90 Å². The van der Waals surface area contributed by atoms with Crippen LogP contribution in [0.1, 0.15) is 33.9 Å². The molecule has 2 atom stereocenters. The molecule has 0 bridgehead atoms. The van der Waals surface area contributed by atoms with Crippen LogP contribution in [0.15, 0.2) is 42.6 Å². The molecule has 5 nitrogen and oxygen atoms in total. The molecule has 0 unspecified atom stereocenters. The maximum absolute atomic E-state index is 12.6. The minimum atomic E-state index is -0.0661. The van der Waals surface area contributed by atoms with E-state index in [1.54, 1.807) is 6.20 Å². The Morgan fingerprint density at radius 3 is 2.88 bits per heavy atom. The van der Waals surface area contributed by atoms with Crippen LogP contribution in [-0.2, 0) is 6.54 Å². The second-order valence-electron chi connectivity index (χ2n) is 6.34. The molecule has 0 aromatic carbocycles. The highest BCUT2D eigenvalue weighted by molar-refractivity contribution is 5.96. The number of amides is 1. The van der Waals surface area contributed by atoms with Gasteiger partial charge in [-0.2, -0.15) is 0 Å². The third kappa shape index (κ3) is 3.41. The van der Waals surface area contributed by atoms with E-state index >= 15 is 0 Å². The standard InChI is InChI=1S/C19H23N3O2/c1-13-9-18(19(24)21-16-7-6-15(10-16)12-23)14(2)22(13)11-17-5-3-4-8-20-17/h3-9,15-16,23H,10-12H2,1-2H3,(H,21,24)/t15-,16+/m0/s1. The predicted molar refractivity (Wildman–Crippen MR) is 92.8 cm³/mol. The summed E-state index contributed by atoms with van der Waals surface area (Å²) in [6.07, 6.45) is 6.47. The number of hydrogen-bond acceptors (Lipinski definition) is 3. The van der Waals surface area contributed by atoms with Crippen LogP contribution in [0, 0.1) is 19.8 Å². The first-order valence-electron chi connectivity index (χ1n) is 8.25. The average molecular weight is 325 g/mol. The van der Waals surface area contributed by atoms with Crippen molar-refractivity contribution >= 4 is 5.91 Å². The van der Waals surface area contributed by atoms with Crippen molar-refractivity contribution in [1.29, 1.82) is 0 Å². The molecule has 0 aliphatic heterocycles. The summed E-state index contributed by atoms with van der Waals surface area (Å²) >= 11 is 0. The lowest BCUT2D eigenvalue weighted by molar-refractivity contribution is 0.0940. The lowest BCUT2D eigenvalue weighted by Crippen LogP contribution is -2.33. The number of aliphatic hydroxyl groups is 1. The maximum Gasteiger partial charge on any atom is 0.253 e. The number of aromatic nitrogens is 2. The van der Waals surface area contributed by atoms with Gasteiger partial charge in [-0.1, -0.05) is 18.2 Å². The molecule has 0 saturated carbocycles. The van der Waals surface area contributed by atoms with Crippen LogP contribution in [0.2, 0.25) is 0 Å². The zero-order chi connectivity index (χ0) is 17.1. The van der Waals surface area contributed by atoms with E-state index in [1.807, 2.05) is 50.3 Å². The van der Waals surface area contributed by atoms with Crippen LogP contribution in [0.5, 0.6) is 0 Å². The lowest BCUT2D eigenvalue weighted by atomic mass is 10.1. The summed E-state index contributed by atoms with van der Waals surface area (Å²) in [4.78, 5) is 17.0. The van der Waals surface area contributed by atoms with Crippen molar-refractivity contribution in [3.63, 3.8) is 0 Å². The van der Waals surface area contributed by atoms with Gasteiger partial charge in [0.25, 0.3) is 5.91 Å². The monoisotopic (exact) mass is 325 g/mol. The molecule has 24 heavy (non-hydrogen) atoms. The first-order chi connectivity index (χ1) is 11.6. The van der Waals surface area contributed by atoms with Crippen LogP contribution in [0.25, 0.3) is 0 Å². The summed E-state index contributed by atoms with van der Waals surface area (Å²) in [5.41, 5.74) is 3.65. The Labute approximate surface area is 142 Å². The SMILES string of the molecule is Cc1cc(C(=O)N[C@@H]2C=C[C@H](CO)C2)c(C)n1Cc1ccccn1. The second kappa shape index (κ2) is 7.01. The summed E-state index contributed by atoms with van der Waals surface area (Å²) in [5, 5.41) is 12.2. The Morgan fingerprint density at radius 1 is 1.38 bits per heavy atom. The van der Waals surface area contributed by atoms with Gasteiger partial charge in [-0.15, -0.1) is 0 Å². The summed E-state index contributed by atoms with van der Waals surface area (Å²) in [6.45, 7) is 4.75. The van der Waals surface area contributed by atoms with Gasteiger partial charge in [-0.05, 0) is 38.5 Å². The van der Waals surface area contributed by atoms with E-state index in [0.717, 1.165) is 23.5 Å². The van der Waals surface area contributed by atoms with Gasteiger partial charge in [-0.25, -0.2) is 0 Å². The highest BCUT2D eigenvalue weighted by Gasteiger charge is 2.22. The van der Waals surface area contributed by atoms with Crippen molar-refractivity contribution in [2.75, 3.05) is 6.61 Å². The number of nitrogens with one attached hydrogen (secondary N) is 1. The smallest absolute Gasteiger partial charge is 0.253 e. The van der Waals surface area contributed by atoms with E-state index in [0.29, 0.717) is 12.1 Å². The first kappa shape index (κ1) is 16.5. The van der Waals surface area contributed by atoms with Gasteiger partial charge in [-0.3, -0.25) is 9.78 Å². The fraction of sp³-hybridized carbons (Fsp3) is 0.368. The van der Waals surface area contributed by atoms with E-state index in [-0.39, 0.29) is 24.5 Å². The second-order valence-corrected chi connectivity index (χ2v) is 6.34. The molecule has 2 aromatic rings. The molecule has 0 saturated heterocycles.